The highest BCUT2D eigenvalue weighted by Gasteiger charge is 2.24. The number of benzene rings is 1. The quantitative estimate of drug-likeness (QED) is 0.838. The molecule has 0 fully saturated rings. The molecule has 0 radical (unpaired) electrons. The Balaban J connectivity index is 2.20. The molecule has 1 aliphatic heterocycles. The largest absolute Gasteiger partial charge is 0.497 e. The average Bonchev–Trinajstić information content (AvgIpc) is 2.66. The first-order valence-corrected chi connectivity index (χ1v) is 6.86. The predicted molar refractivity (Wildman–Crippen MR) is 80.2 cm³/mol. The molecular weight excluding hydrogens is 250 g/mol. The van der Waals surface area contributed by atoms with Crippen molar-refractivity contribution in [2.45, 2.75) is 27.3 Å². The number of allylic oxidation sites excluding steroid dienone is 2. The highest BCUT2D eigenvalue weighted by Crippen LogP contribution is 2.27. The van der Waals surface area contributed by atoms with Crippen molar-refractivity contribution in [3.63, 3.8) is 0 Å². The number of ether oxygens (including phenoxy) is 1. The second kappa shape index (κ2) is 5.95. The van der Waals surface area contributed by atoms with Crippen molar-refractivity contribution in [1.29, 1.82) is 0 Å². The Morgan fingerprint density at radius 1 is 1.25 bits per heavy atom. The number of nitrogens with zero attached hydrogens (tertiary/aromatic N) is 1. The number of hydrogen-bond acceptors (Lipinski definition) is 2. The Bertz CT molecular complexity index is 553. The van der Waals surface area contributed by atoms with Crippen LogP contribution in [0.25, 0.3) is 0 Å². The second-order valence-corrected chi connectivity index (χ2v) is 5.40. The third-order valence-electron chi connectivity index (χ3n) is 3.29. The van der Waals surface area contributed by atoms with E-state index in [-0.39, 0.29) is 5.91 Å². The summed E-state index contributed by atoms with van der Waals surface area (Å²) < 4.78 is 5.15. The van der Waals surface area contributed by atoms with Gasteiger partial charge in [0.25, 0.3) is 5.91 Å². The lowest BCUT2D eigenvalue weighted by molar-refractivity contribution is -0.123. The van der Waals surface area contributed by atoms with Gasteiger partial charge in [0.15, 0.2) is 0 Å². The molecule has 0 unspecified atom stereocenters. The van der Waals surface area contributed by atoms with E-state index in [1.807, 2.05) is 36.1 Å². The van der Waals surface area contributed by atoms with Crippen LogP contribution in [0.5, 0.6) is 5.75 Å². The molecule has 0 spiro atoms. The average molecular weight is 271 g/mol. The normalized spacial score (nSPS) is 17.1. The third-order valence-corrected chi connectivity index (χ3v) is 3.29. The van der Waals surface area contributed by atoms with E-state index in [9.17, 15) is 4.79 Å². The Morgan fingerprint density at radius 3 is 2.45 bits per heavy atom. The maximum Gasteiger partial charge on any atom is 0.251 e. The highest BCUT2D eigenvalue weighted by molar-refractivity contribution is 5.94. The van der Waals surface area contributed by atoms with Gasteiger partial charge in [0.05, 0.1) is 13.7 Å². The molecule has 1 aromatic carbocycles. The van der Waals surface area contributed by atoms with Crippen molar-refractivity contribution in [2.24, 2.45) is 5.92 Å². The highest BCUT2D eigenvalue weighted by atomic mass is 16.5. The van der Waals surface area contributed by atoms with Crippen molar-refractivity contribution in [2.75, 3.05) is 7.11 Å². The maximum absolute atomic E-state index is 12.1. The van der Waals surface area contributed by atoms with E-state index in [2.05, 4.69) is 19.9 Å². The minimum Gasteiger partial charge on any atom is -0.497 e. The van der Waals surface area contributed by atoms with Crippen LogP contribution in [0.4, 0.5) is 0 Å². The first kappa shape index (κ1) is 14.4. The minimum atomic E-state index is 0.0604. The summed E-state index contributed by atoms with van der Waals surface area (Å²) in [4.78, 5) is 13.9. The van der Waals surface area contributed by atoms with Gasteiger partial charge < -0.3 is 9.64 Å². The van der Waals surface area contributed by atoms with Gasteiger partial charge in [0.1, 0.15) is 5.75 Å². The fraction of sp³-hybridized carbons (Fsp3) is 0.353. The van der Waals surface area contributed by atoms with Crippen LogP contribution in [0.15, 0.2) is 47.7 Å². The van der Waals surface area contributed by atoms with E-state index in [0.717, 1.165) is 22.6 Å². The van der Waals surface area contributed by atoms with Crippen LogP contribution in [0.3, 0.4) is 0 Å². The molecule has 3 nitrogen and oxygen atoms in total. The fourth-order valence-corrected chi connectivity index (χ4v) is 2.28. The maximum atomic E-state index is 12.1. The van der Waals surface area contributed by atoms with Crippen LogP contribution in [-0.2, 0) is 11.3 Å². The summed E-state index contributed by atoms with van der Waals surface area (Å²) >= 11 is 0. The molecule has 0 saturated carbocycles. The van der Waals surface area contributed by atoms with Crippen molar-refractivity contribution in [1.82, 2.24) is 4.90 Å². The van der Waals surface area contributed by atoms with E-state index < -0.39 is 0 Å². The summed E-state index contributed by atoms with van der Waals surface area (Å²) in [5, 5.41) is 0. The summed E-state index contributed by atoms with van der Waals surface area (Å²) in [6.07, 6.45) is 3.85. The number of rotatable bonds is 4. The molecule has 1 aromatic rings. The molecule has 2 rings (SSSR count). The lowest BCUT2D eigenvalue weighted by atomic mass is 10.1. The van der Waals surface area contributed by atoms with Crippen LogP contribution in [0, 0.1) is 5.92 Å². The van der Waals surface area contributed by atoms with Gasteiger partial charge in [-0.05, 0) is 36.1 Å². The molecule has 0 saturated heterocycles. The third kappa shape index (κ3) is 3.10. The molecule has 106 valence electrons. The smallest absolute Gasteiger partial charge is 0.251 e. The molecule has 0 aromatic heterocycles. The van der Waals surface area contributed by atoms with Crippen LogP contribution in [-0.4, -0.2) is 17.9 Å². The second-order valence-electron chi connectivity index (χ2n) is 5.40. The van der Waals surface area contributed by atoms with E-state index in [1.165, 1.54) is 0 Å². The Kier molecular flexibility index (Phi) is 4.28. The lowest BCUT2D eigenvalue weighted by Crippen LogP contribution is -2.24. The summed E-state index contributed by atoms with van der Waals surface area (Å²) in [5.41, 5.74) is 3.16. The predicted octanol–water partition coefficient (Wildman–Crippen LogP) is 3.52. The number of amides is 1. The van der Waals surface area contributed by atoms with Gasteiger partial charge in [0, 0.05) is 11.8 Å². The zero-order valence-corrected chi connectivity index (χ0v) is 12.5. The lowest BCUT2D eigenvalue weighted by Gasteiger charge is -2.20. The number of hydrogen-bond donors (Lipinski definition) is 0. The minimum absolute atomic E-state index is 0.0604. The monoisotopic (exact) mass is 271 g/mol. The Labute approximate surface area is 120 Å². The van der Waals surface area contributed by atoms with Crippen molar-refractivity contribution >= 4 is 5.91 Å². The zero-order chi connectivity index (χ0) is 14.7. The molecule has 3 heteroatoms. The molecule has 0 atom stereocenters. The topological polar surface area (TPSA) is 29.5 Å². The standard InChI is InChI=1S/C17H21NO2/c1-12(2)9-16-13(3)10-17(19)18(16)11-14-5-7-15(20-4)8-6-14/h5-10,12H,11H2,1-4H3/b16-9-. The van der Waals surface area contributed by atoms with E-state index >= 15 is 0 Å². The van der Waals surface area contributed by atoms with Gasteiger partial charge in [0.2, 0.25) is 0 Å². The zero-order valence-electron chi connectivity index (χ0n) is 12.5. The van der Waals surface area contributed by atoms with Crippen molar-refractivity contribution in [3.8, 4) is 5.75 Å². The Hall–Kier alpha value is -2.03. The Morgan fingerprint density at radius 2 is 1.90 bits per heavy atom. The van der Waals surface area contributed by atoms with E-state index in [1.54, 1.807) is 13.2 Å². The summed E-state index contributed by atoms with van der Waals surface area (Å²) in [6.45, 7) is 6.82. The first-order chi connectivity index (χ1) is 9.51. The summed E-state index contributed by atoms with van der Waals surface area (Å²) in [5.74, 6) is 1.30. The molecule has 20 heavy (non-hydrogen) atoms. The summed E-state index contributed by atoms with van der Waals surface area (Å²) in [7, 11) is 1.65. The number of carbonyl (C=O) groups excluding carboxylic acids is 1. The summed E-state index contributed by atoms with van der Waals surface area (Å²) in [6, 6.07) is 7.82. The molecule has 1 aliphatic rings. The number of carbonyl (C=O) groups is 1. The molecule has 0 bridgehead atoms. The van der Waals surface area contributed by atoms with Gasteiger partial charge in [-0.25, -0.2) is 0 Å². The van der Waals surface area contributed by atoms with Gasteiger partial charge in [-0.15, -0.1) is 0 Å². The van der Waals surface area contributed by atoms with Crippen LogP contribution >= 0.6 is 0 Å². The first-order valence-electron chi connectivity index (χ1n) is 6.86. The van der Waals surface area contributed by atoms with E-state index in [0.29, 0.717) is 12.5 Å². The van der Waals surface area contributed by atoms with Crippen LogP contribution in [0.1, 0.15) is 26.3 Å². The molecular formula is C17H21NO2. The molecule has 1 heterocycles. The SMILES string of the molecule is COc1ccc(CN2C(=O)C=C(C)/C2=C/C(C)C)cc1. The number of methoxy groups -OCH3 is 1. The van der Waals surface area contributed by atoms with Crippen LogP contribution in [0.2, 0.25) is 0 Å². The molecule has 1 amide bonds. The van der Waals surface area contributed by atoms with Crippen molar-refractivity contribution < 1.29 is 9.53 Å². The molecule has 0 N–H and O–H groups in total. The van der Waals surface area contributed by atoms with Crippen molar-refractivity contribution in [3.05, 3.63) is 53.3 Å². The van der Waals surface area contributed by atoms with E-state index in [4.69, 9.17) is 4.74 Å². The van der Waals surface area contributed by atoms with Crippen LogP contribution < -0.4 is 4.74 Å². The van der Waals surface area contributed by atoms with Gasteiger partial charge in [-0.1, -0.05) is 32.1 Å². The van der Waals surface area contributed by atoms with Gasteiger partial charge >= 0.3 is 0 Å². The molecule has 0 aliphatic carbocycles. The van der Waals surface area contributed by atoms with Gasteiger partial charge in [-0.2, -0.15) is 0 Å². The van der Waals surface area contributed by atoms with Gasteiger partial charge in [-0.3, -0.25) is 4.79 Å². The fourth-order valence-electron chi connectivity index (χ4n) is 2.28.